The minimum atomic E-state index is -0.431. The summed E-state index contributed by atoms with van der Waals surface area (Å²) in [4.78, 5) is 17.2. The number of nitrogens with one attached hydrogen (secondary N) is 1. The summed E-state index contributed by atoms with van der Waals surface area (Å²) < 4.78 is 12.5. The number of aryl methyl sites for hydroxylation is 2. The third-order valence-corrected chi connectivity index (χ3v) is 4.30. The van der Waals surface area contributed by atoms with E-state index in [0.29, 0.717) is 29.6 Å². The number of halogens is 1. The van der Waals surface area contributed by atoms with E-state index in [1.807, 2.05) is 26.8 Å². The maximum atomic E-state index is 12.8. The van der Waals surface area contributed by atoms with Crippen LogP contribution >= 0.6 is 11.6 Å². The molecule has 8 heteroatoms. The van der Waals surface area contributed by atoms with Crippen LogP contribution in [0.3, 0.4) is 0 Å². The van der Waals surface area contributed by atoms with Crippen molar-refractivity contribution in [3.63, 3.8) is 0 Å². The van der Waals surface area contributed by atoms with Gasteiger partial charge in [0.1, 0.15) is 5.69 Å². The van der Waals surface area contributed by atoms with Gasteiger partial charge in [-0.25, -0.2) is 9.67 Å². The summed E-state index contributed by atoms with van der Waals surface area (Å²) in [5.74, 6) is 1.21. The lowest BCUT2D eigenvalue weighted by atomic mass is 10.2. The standard InChI is InChI=1S/C20H21ClN4O3/c1-5-28-16-8-6-14(11-17(16)27-4)22-20(26)19-15(21)7-9-18(23-19)25-13(3)10-12(2)24-25/h6-11H,5H2,1-4H3,(H,22,26). The Kier molecular flexibility index (Phi) is 5.84. The molecule has 0 radical (unpaired) electrons. The number of pyridine rings is 1. The molecule has 0 atom stereocenters. The highest BCUT2D eigenvalue weighted by molar-refractivity contribution is 6.34. The zero-order chi connectivity index (χ0) is 20.3. The van der Waals surface area contributed by atoms with Crippen molar-refractivity contribution in [1.29, 1.82) is 0 Å². The summed E-state index contributed by atoms with van der Waals surface area (Å²) in [7, 11) is 1.54. The van der Waals surface area contributed by atoms with Gasteiger partial charge in [-0.05, 0) is 51.1 Å². The number of hydrogen-bond acceptors (Lipinski definition) is 5. The molecule has 0 aliphatic rings. The highest BCUT2D eigenvalue weighted by Crippen LogP contribution is 2.30. The molecule has 0 fully saturated rings. The van der Waals surface area contributed by atoms with Gasteiger partial charge in [0.15, 0.2) is 17.3 Å². The number of nitrogens with zero attached hydrogens (tertiary/aromatic N) is 3. The Morgan fingerprint density at radius 3 is 2.61 bits per heavy atom. The van der Waals surface area contributed by atoms with Crippen molar-refractivity contribution in [2.45, 2.75) is 20.8 Å². The summed E-state index contributed by atoms with van der Waals surface area (Å²) in [6, 6.07) is 10.4. The van der Waals surface area contributed by atoms with E-state index < -0.39 is 5.91 Å². The maximum Gasteiger partial charge on any atom is 0.275 e. The molecule has 0 aliphatic carbocycles. The smallest absolute Gasteiger partial charge is 0.275 e. The Morgan fingerprint density at radius 2 is 1.96 bits per heavy atom. The minimum absolute atomic E-state index is 0.111. The van der Waals surface area contributed by atoms with Crippen LogP contribution in [0.1, 0.15) is 28.8 Å². The van der Waals surface area contributed by atoms with Gasteiger partial charge in [0.05, 0.1) is 24.4 Å². The van der Waals surface area contributed by atoms with Crippen LogP contribution in [-0.4, -0.2) is 34.4 Å². The topological polar surface area (TPSA) is 78.3 Å². The molecular formula is C20H21ClN4O3. The van der Waals surface area contributed by atoms with Gasteiger partial charge in [-0.2, -0.15) is 5.10 Å². The van der Waals surface area contributed by atoms with Crippen molar-refractivity contribution in [3.8, 4) is 17.3 Å². The molecule has 0 spiro atoms. The van der Waals surface area contributed by atoms with E-state index in [-0.39, 0.29) is 10.7 Å². The first-order valence-corrected chi connectivity index (χ1v) is 9.13. The van der Waals surface area contributed by atoms with Gasteiger partial charge in [-0.3, -0.25) is 4.79 Å². The molecular weight excluding hydrogens is 380 g/mol. The Balaban J connectivity index is 1.88. The summed E-state index contributed by atoms with van der Waals surface area (Å²) in [6.07, 6.45) is 0. The van der Waals surface area contributed by atoms with Crippen LogP contribution in [0.25, 0.3) is 5.82 Å². The number of amides is 1. The molecule has 2 aromatic heterocycles. The van der Waals surface area contributed by atoms with Crippen LogP contribution < -0.4 is 14.8 Å². The van der Waals surface area contributed by atoms with Gasteiger partial charge in [0.25, 0.3) is 5.91 Å². The molecule has 2 heterocycles. The molecule has 1 aromatic carbocycles. The quantitative estimate of drug-likeness (QED) is 0.671. The minimum Gasteiger partial charge on any atom is -0.493 e. The predicted octanol–water partition coefficient (Wildman–Crippen LogP) is 4.20. The average molecular weight is 401 g/mol. The Bertz CT molecular complexity index is 1020. The molecule has 0 saturated heterocycles. The number of carbonyl (C=O) groups excluding carboxylic acids is 1. The summed E-state index contributed by atoms with van der Waals surface area (Å²) in [5.41, 5.74) is 2.43. The average Bonchev–Trinajstić information content (AvgIpc) is 3.01. The largest absolute Gasteiger partial charge is 0.493 e. The fraction of sp³-hybridized carbons (Fsp3) is 0.250. The van der Waals surface area contributed by atoms with E-state index in [1.54, 1.807) is 42.1 Å². The lowest BCUT2D eigenvalue weighted by molar-refractivity contribution is 0.102. The fourth-order valence-corrected chi connectivity index (χ4v) is 2.97. The van der Waals surface area contributed by atoms with Crippen LogP contribution in [0.5, 0.6) is 11.5 Å². The molecule has 146 valence electrons. The normalized spacial score (nSPS) is 10.6. The lowest BCUT2D eigenvalue weighted by Gasteiger charge is -2.12. The van der Waals surface area contributed by atoms with Gasteiger partial charge >= 0.3 is 0 Å². The van der Waals surface area contributed by atoms with Crippen molar-refractivity contribution in [3.05, 3.63) is 58.5 Å². The number of anilines is 1. The highest BCUT2D eigenvalue weighted by atomic mass is 35.5. The monoisotopic (exact) mass is 400 g/mol. The molecule has 7 nitrogen and oxygen atoms in total. The number of benzene rings is 1. The van der Waals surface area contributed by atoms with E-state index in [1.165, 1.54) is 0 Å². The van der Waals surface area contributed by atoms with Gasteiger partial charge < -0.3 is 14.8 Å². The second-order valence-corrected chi connectivity index (χ2v) is 6.50. The van der Waals surface area contributed by atoms with Gasteiger partial charge in [-0.15, -0.1) is 0 Å². The highest BCUT2D eigenvalue weighted by Gasteiger charge is 2.16. The van der Waals surface area contributed by atoms with Crippen molar-refractivity contribution >= 4 is 23.2 Å². The van der Waals surface area contributed by atoms with E-state index >= 15 is 0 Å². The number of hydrogen-bond donors (Lipinski definition) is 1. The zero-order valence-electron chi connectivity index (χ0n) is 16.1. The molecule has 1 N–H and O–H groups in total. The van der Waals surface area contributed by atoms with Gasteiger partial charge in [0, 0.05) is 17.4 Å². The van der Waals surface area contributed by atoms with Crippen molar-refractivity contribution in [2.75, 3.05) is 19.0 Å². The van der Waals surface area contributed by atoms with E-state index in [9.17, 15) is 4.79 Å². The van der Waals surface area contributed by atoms with Crippen LogP contribution in [0, 0.1) is 13.8 Å². The summed E-state index contributed by atoms with van der Waals surface area (Å²) >= 11 is 6.22. The molecule has 3 aromatic rings. The Morgan fingerprint density at radius 1 is 1.18 bits per heavy atom. The number of aromatic nitrogens is 3. The lowest BCUT2D eigenvalue weighted by Crippen LogP contribution is -2.16. The van der Waals surface area contributed by atoms with E-state index in [0.717, 1.165) is 11.4 Å². The first-order chi connectivity index (χ1) is 13.4. The van der Waals surface area contributed by atoms with Gasteiger partial charge in [0.2, 0.25) is 0 Å². The molecule has 3 rings (SSSR count). The zero-order valence-corrected chi connectivity index (χ0v) is 16.9. The second kappa shape index (κ2) is 8.31. The van der Waals surface area contributed by atoms with Crippen LogP contribution in [0.4, 0.5) is 5.69 Å². The second-order valence-electron chi connectivity index (χ2n) is 6.09. The third-order valence-electron chi connectivity index (χ3n) is 3.99. The third kappa shape index (κ3) is 4.09. The molecule has 0 saturated carbocycles. The number of rotatable bonds is 6. The maximum absolute atomic E-state index is 12.8. The first-order valence-electron chi connectivity index (χ1n) is 8.75. The van der Waals surface area contributed by atoms with Crippen molar-refractivity contribution in [1.82, 2.24) is 14.8 Å². The number of methoxy groups -OCH3 is 1. The number of ether oxygens (including phenoxy) is 2. The molecule has 28 heavy (non-hydrogen) atoms. The summed E-state index contributed by atoms with van der Waals surface area (Å²) in [6.45, 7) is 6.22. The molecule has 0 aliphatic heterocycles. The molecule has 0 unspecified atom stereocenters. The fourth-order valence-electron chi connectivity index (χ4n) is 2.78. The summed E-state index contributed by atoms with van der Waals surface area (Å²) in [5, 5.41) is 7.43. The van der Waals surface area contributed by atoms with Crippen LogP contribution in [0.2, 0.25) is 5.02 Å². The molecule has 1 amide bonds. The molecule has 0 bridgehead atoms. The van der Waals surface area contributed by atoms with Crippen molar-refractivity contribution in [2.24, 2.45) is 0 Å². The van der Waals surface area contributed by atoms with Crippen molar-refractivity contribution < 1.29 is 14.3 Å². The predicted molar refractivity (Wildman–Crippen MR) is 108 cm³/mol. The van der Waals surface area contributed by atoms with E-state index in [4.69, 9.17) is 21.1 Å². The van der Waals surface area contributed by atoms with Crippen LogP contribution in [0.15, 0.2) is 36.4 Å². The Hall–Kier alpha value is -3.06. The Labute approximate surface area is 168 Å². The van der Waals surface area contributed by atoms with E-state index in [2.05, 4.69) is 15.4 Å². The van der Waals surface area contributed by atoms with Crippen LogP contribution in [-0.2, 0) is 0 Å². The number of carbonyl (C=O) groups is 1. The SMILES string of the molecule is CCOc1ccc(NC(=O)c2nc(-n3nc(C)cc3C)ccc2Cl)cc1OC. The first kappa shape index (κ1) is 19.7. The van der Waals surface area contributed by atoms with Gasteiger partial charge in [-0.1, -0.05) is 11.6 Å².